The summed E-state index contributed by atoms with van der Waals surface area (Å²) in [5.74, 6) is -0.378. The van der Waals surface area contributed by atoms with E-state index in [0.717, 1.165) is 16.1 Å². The molecule has 0 aliphatic carbocycles. The van der Waals surface area contributed by atoms with E-state index < -0.39 is 16.1 Å². The summed E-state index contributed by atoms with van der Waals surface area (Å²) in [5, 5.41) is 3.17. The number of anilines is 1. The van der Waals surface area contributed by atoms with E-state index in [0.29, 0.717) is 17.1 Å². The fraction of sp³-hybridized carbons (Fsp3) is 0.294. The number of nitrogens with zero attached hydrogens (tertiary/aromatic N) is 2. The van der Waals surface area contributed by atoms with Gasteiger partial charge >= 0.3 is 0 Å². The molecule has 6 nitrogen and oxygen atoms in total. The smallest absolute Gasteiger partial charge is 0.244 e. The molecule has 134 valence electrons. The summed E-state index contributed by atoms with van der Waals surface area (Å²) in [6.07, 6.45) is 4.68. The zero-order chi connectivity index (χ0) is 18.4. The lowest BCUT2D eigenvalue weighted by Crippen LogP contribution is -2.49. The Labute approximate surface area is 152 Å². The highest BCUT2D eigenvalue weighted by atomic mass is 35.5. The van der Waals surface area contributed by atoms with Crippen molar-refractivity contribution in [3.63, 3.8) is 0 Å². The van der Waals surface area contributed by atoms with Gasteiger partial charge in [0.15, 0.2) is 0 Å². The van der Waals surface area contributed by atoms with E-state index in [9.17, 15) is 13.2 Å². The van der Waals surface area contributed by atoms with E-state index in [4.69, 9.17) is 11.6 Å². The molecular weight excluding hydrogens is 362 g/mol. The minimum atomic E-state index is -3.67. The Morgan fingerprint density at radius 2 is 2.08 bits per heavy atom. The van der Waals surface area contributed by atoms with Gasteiger partial charge in [-0.2, -0.15) is 0 Å². The van der Waals surface area contributed by atoms with E-state index in [1.807, 2.05) is 6.07 Å². The van der Waals surface area contributed by atoms with E-state index in [1.54, 1.807) is 43.6 Å². The van der Waals surface area contributed by atoms with Crippen LogP contribution in [0.15, 0.2) is 48.8 Å². The third-order valence-corrected chi connectivity index (χ3v) is 5.00. The van der Waals surface area contributed by atoms with Crippen LogP contribution >= 0.6 is 11.6 Å². The lowest BCUT2D eigenvalue weighted by atomic mass is 10.2. The summed E-state index contributed by atoms with van der Waals surface area (Å²) in [5.41, 5.74) is 1.19. The van der Waals surface area contributed by atoms with Crippen LogP contribution in [0, 0.1) is 0 Å². The van der Waals surface area contributed by atoms with E-state index in [1.165, 1.54) is 6.07 Å². The summed E-state index contributed by atoms with van der Waals surface area (Å²) in [4.78, 5) is 16.6. The second-order valence-corrected chi connectivity index (χ2v) is 7.84. The van der Waals surface area contributed by atoms with Gasteiger partial charge in [-0.25, -0.2) is 8.42 Å². The molecule has 0 saturated heterocycles. The molecule has 1 N–H and O–H groups in total. The standard InChI is InChI=1S/C17H20ClN3O3S/c1-3-16(17(22)20-12-13-6-5-9-19-11-13)21(25(2,23)24)15-8-4-7-14(18)10-15/h4-11,16H,3,12H2,1-2H3,(H,20,22)/t16-/m0/s1. The fourth-order valence-electron chi connectivity index (χ4n) is 2.48. The first kappa shape index (κ1) is 19.2. The number of sulfonamides is 1. The molecule has 0 aliphatic rings. The van der Waals surface area contributed by atoms with Crippen LogP contribution in [0.3, 0.4) is 0 Å². The van der Waals surface area contributed by atoms with Crippen LogP contribution in [0.25, 0.3) is 0 Å². The van der Waals surface area contributed by atoms with Crippen molar-refractivity contribution in [2.24, 2.45) is 0 Å². The summed E-state index contributed by atoms with van der Waals surface area (Å²) in [6.45, 7) is 2.04. The highest BCUT2D eigenvalue weighted by Gasteiger charge is 2.31. The molecule has 1 atom stereocenters. The van der Waals surface area contributed by atoms with Crippen molar-refractivity contribution < 1.29 is 13.2 Å². The van der Waals surface area contributed by atoms with Crippen LogP contribution in [0.5, 0.6) is 0 Å². The van der Waals surface area contributed by atoms with Crippen molar-refractivity contribution in [1.29, 1.82) is 0 Å². The van der Waals surface area contributed by atoms with Crippen LogP contribution in [0.4, 0.5) is 5.69 Å². The van der Waals surface area contributed by atoms with Crippen LogP contribution < -0.4 is 9.62 Å². The van der Waals surface area contributed by atoms with Crippen molar-refractivity contribution in [2.45, 2.75) is 25.9 Å². The normalized spacial score (nSPS) is 12.4. The lowest BCUT2D eigenvalue weighted by molar-refractivity contribution is -0.122. The average Bonchev–Trinajstić information content (AvgIpc) is 2.57. The van der Waals surface area contributed by atoms with Crippen molar-refractivity contribution in [1.82, 2.24) is 10.3 Å². The monoisotopic (exact) mass is 381 g/mol. The van der Waals surface area contributed by atoms with Crippen LogP contribution in [0.2, 0.25) is 5.02 Å². The number of halogens is 1. The van der Waals surface area contributed by atoms with Crippen molar-refractivity contribution in [2.75, 3.05) is 10.6 Å². The second kappa shape index (κ2) is 8.31. The van der Waals surface area contributed by atoms with Gasteiger partial charge in [-0.3, -0.25) is 14.1 Å². The SMILES string of the molecule is CC[C@@H](C(=O)NCc1cccnc1)N(c1cccc(Cl)c1)S(C)(=O)=O. The molecule has 1 aromatic heterocycles. The summed E-state index contributed by atoms with van der Waals surface area (Å²) in [6, 6.07) is 9.17. The quantitative estimate of drug-likeness (QED) is 0.799. The number of hydrogen-bond donors (Lipinski definition) is 1. The molecule has 2 aromatic rings. The number of pyridine rings is 1. The first-order chi connectivity index (χ1) is 11.8. The molecular formula is C17H20ClN3O3S. The molecule has 8 heteroatoms. The average molecular weight is 382 g/mol. The molecule has 2 rings (SSSR count). The van der Waals surface area contributed by atoms with E-state index in [2.05, 4.69) is 10.3 Å². The van der Waals surface area contributed by atoms with Crippen molar-refractivity contribution in [3.05, 3.63) is 59.4 Å². The zero-order valence-electron chi connectivity index (χ0n) is 14.0. The van der Waals surface area contributed by atoms with Gasteiger partial charge in [-0.05, 0) is 36.2 Å². The van der Waals surface area contributed by atoms with Crippen LogP contribution in [-0.4, -0.2) is 31.6 Å². The molecule has 0 aliphatic heterocycles. The van der Waals surface area contributed by atoms with E-state index in [-0.39, 0.29) is 12.5 Å². The zero-order valence-corrected chi connectivity index (χ0v) is 15.6. The number of carbonyl (C=O) groups is 1. The number of hydrogen-bond acceptors (Lipinski definition) is 4. The highest BCUT2D eigenvalue weighted by Crippen LogP contribution is 2.25. The van der Waals surface area contributed by atoms with Gasteiger partial charge in [-0.15, -0.1) is 0 Å². The topological polar surface area (TPSA) is 79.4 Å². The third-order valence-electron chi connectivity index (χ3n) is 3.58. The molecule has 25 heavy (non-hydrogen) atoms. The molecule has 0 spiro atoms. The highest BCUT2D eigenvalue weighted by molar-refractivity contribution is 7.92. The number of carbonyl (C=O) groups excluding carboxylic acids is 1. The van der Waals surface area contributed by atoms with Gasteiger partial charge in [-0.1, -0.05) is 30.7 Å². The predicted molar refractivity (Wildman–Crippen MR) is 98.9 cm³/mol. The van der Waals surface area contributed by atoms with Gasteiger partial charge < -0.3 is 5.32 Å². The largest absolute Gasteiger partial charge is 0.350 e. The van der Waals surface area contributed by atoms with E-state index >= 15 is 0 Å². The number of aromatic nitrogens is 1. The molecule has 1 heterocycles. The van der Waals surface area contributed by atoms with Gasteiger partial charge in [0.05, 0.1) is 11.9 Å². The molecule has 1 amide bonds. The van der Waals surface area contributed by atoms with Crippen LogP contribution in [0.1, 0.15) is 18.9 Å². The minimum Gasteiger partial charge on any atom is -0.350 e. The number of rotatable bonds is 7. The Hall–Kier alpha value is -2.12. The summed E-state index contributed by atoms with van der Waals surface area (Å²) >= 11 is 5.98. The third kappa shape index (κ3) is 5.17. The number of amides is 1. The lowest BCUT2D eigenvalue weighted by Gasteiger charge is -2.30. The van der Waals surface area contributed by atoms with Gasteiger partial charge in [0.25, 0.3) is 0 Å². The molecule has 0 unspecified atom stereocenters. The Balaban J connectivity index is 2.25. The first-order valence-corrected chi connectivity index (χ1v) is 9.97. The summed E-state index contributed by atoms with van der Waals surface area (Å²) < 4.78 is 25.7. The van der Waals surface area contributed by atoms with Crippen LogP contribution in [-0.2, 0) is 21.4 Å². The predicted octanol–water partition coefficient (Wildman–Crippen LogP) is 2.60. The van der Waals surface area contributed by atoms with Gasteiger partial charge in [0, 0.05) is 24.0 Å². The Bertz CT molecular complexity index is 828. The maximum atomic E-state index is 12.6. The summed E-state index contributed by atoms with van der Waals surface area (Å²) in [7, 11) is -3.67. The molecule has 1 aromatic carbocycles. The minimum absolute atomic E-state index is 0.274. The molecule has 0 saturated carbocycles. The second-order valence-electron chi connectivity index (χ2n) is 5.54. The molecule has 0 fully saturated rings. The number of nitrogens with one attached hydrogen (secondary N) is 1. The first-order valence-electron chi connectivity index (χ1n) is 7.74. The maximum absolute atomic E-state index is 12.6. The van der Waals surface area contributed by atoms with Crippen molar-refractivity contribution in [3.8, 4) is 0 Å². The fourth-order valence-corrected chi connectivity index (χ4v) is 3.87. The molecule has 0 radical (unpaired) electrons. The Morgan fingerprint density at radius 3 is 2.64 bits per heavy atom. The van der Waals surface area contributed by atoms with Gasteiger partial charge in [0.1, 0.15) is 6.04 Å². The molecule has 0 bridgehead atoms. The maximum Gasteiger partial charge on any atom is 0.244 e. The number of benzene rings is 1. The Kier molecular flexibility index (Phi) is 6.39. The Morgan fingerprint density at radius 1 is 1.32 bits per heavy atom. The van der Waals surface area contributed by atoms with Gasteiger partial charge in [0.2, 0.25) is 15.9 Å². The van der Waals surface area contributed by atoms with Crippen molar-refractivity contribution >= 4 is 33.2 Å².